The van der Waals surface area contributed by atoms with Gasteiger partial charge >= 0.3 is 5.97 Å². The minimum Gasteiger partial charge on any atom is -0.480 e. The summed E-state index contributed by atoms with van der Waals surface area (Å²) in [5, 5.41) is 9.50. The number of hydrogen-bond acceptors (Lipinski definition) is 2. The van der Waals surface area contributed by atoms with Crippen LogP contribution in [-0.4, -0.2) is 29.1 Å². The first kappa shape index (κ1) is 13.1. The van der Waals surface area contributed by atoms with Crippen LogP contribution in [0.3, 0.4) is 0 Å². The summed E-state index contributed by atoms with van der Waals surface area (Å²) in [7, 11) is 0. The first-order valence-corrected chi connectivity index (χ1v) is 6.81. The maximum absolute atomic E-state index is 11.6. The molecule has 0 aliphatic carbocycles. The molecule has 1 heterocycles. The molecule has 3 heteroatoms. The fraction of sp³-hybridized carbons (Fsp3) is 0.533. The van der Waals surface area contributed by atoms with E-state index in [2.05, 4.69) is 4.90 Å². The maximum atomic E-state index is 11.6. The topological polar surface area (TPSA) is 40.5 Å². The number of likely N-dealkylation sites (tertiary alicyclic amines) is 1. The van der Waals surface area contributed by atoms with Gasteiger partial charge in [-0.2, -0.15) is 0 Å². The average Bonchev–Trinajstić information content (AvgIpc) is 2.33. The van der Waals surface area contributed by atoms with E-state index in [4.69, 9.17) is 0 Å². The molecule has 1 aliphatic heterocycles. The van der Waals surface area contributed by atoms with Crippen LogP contribution in [0.2, 0.25) is 0 Å². The Balaban J connectivity index is 2.15. The second-order valence-corrected chi connectivity index (χ2v) is 4.96. The van der Waals surface area contributed by atoms with E-state index < -0.39 is 12.0 Å². The van der Waals surface area contributed by atoms with Gasteiger partial charge in [0.05, 0.1) is 0 Å². The Morgan fingerprint density at radius 1 is 1.00 bits per heavy atom. The lowest BCUT2D eigenvalue weighted by Gasteiger charge is -2.30. The standard InChI is InChI=1S/C15H21NO2/c17-15(18)14(13-9-5-4-6-10-13)16-11-7-2-1-3-8-12-16/h4-6,9-10,14H,1-3,7-8,11-12H2,(H,17,18)/t14-/m1/s1. The van der Waals surface area contributed by atoms with E-state index in [0.29, 0.717) is 0 Å². The fourth-order valence-electron chi connectivity index (χ4n) is 2.68. The Labute approximate surface area is 108 Å². The molecule has 0 radical (unpaired) electrons. The predicted octanol–water partition coefficient (Wildman–Crippen LogP) is 3.08. The van der Waals surface area contributed by atoms with Crippen molar-refractivity contribution in [3.8, 4) is 0 Å². The molecule has 98 valence electrons. The first-order valence-electron chi connectivity index (χ1n) is 6.81. The van der Waals surface area contributed by atoms with Crippen molar-refractivity contribution in [2.75, 3.05) is 13.1 Å². The molecule has 1 saturated heterocycles. The molecule has 0 bridgehead atoms. The van der Waals surface area contributed by atoms with E-state index in [1.165, 1.54) is 19.3 Å². The van der Waals surface area contributed by atoms with Gasteiger partial charge in [0.1, 0.15) is 6.04 Å². The van der Waals surface area contributed by atoms with E-state index in [1.807, 2.05) is 30.3 Å². The Morgan fingerprint density at radius 3 is 2.11 bits per heavy atom. The van der Waals surface area contributed by atoms with Gasteiger partial charge in [0.15, 0.2) is 0 Å². The zero-order chi connectivity index (χ0) is 12.8. The van der Waals surface area contributed by atoms with Crippen molar-refractivity contribution in [3.63, 3.8) is 0 Å². The number of nitrogens with zero attached hydrogens (tertiary/aromatic N) is 1. The Kier molecular flexibility index (Phi) is 4.76. The molecule has 1 fully saturated rings. The van der Waals surface area contributed by atoms with Crippen LogP contribution in [0.1, 0.15) is 43.7 Å². The lowest BCUT2D eigenvalue weighted by Crippen LogP contribution is -2.36. The molecule has 1 aromatic carbocycles. The predicted molar refractivity (Wildman–Crippen MR) is 71.5 cm³/mol. The van der Waals surface area contributed by atoms with Crippen LogP contribution in [0.15, 0.2) is 30.3 Å². The smallest absolute Gasteiger partial charge is 0.325 e. The van der Waals surface area contributed by atoms with Crippen LogP contribution >= 0.6 is 0 Å². The molecule has 0 amide bonds. The summed E-state index contributed by atoms with van der Waals surface area (Å²) >= 11 is 0. The van der Waals surface area contributed by atoms with Crippen molar-refractivity contribution < 1.29 is 9.90 Å². The summed E-state index contributed by atoms with van der Waals surface area (Å²) < 4.78 is 0. The highest BCUT2D eigenvalue weighted by Gasteiger charge is 2.26. The average molecular weight is 247 g/mol. The van der Waals surface area contributed by atoms with Crippen molar-refractivity contribution >= 4 is 5.97 Å². The lowest BCUT2D eigenvalue weighted by molar-refractivity contribution is -0.143. The number of carboxylic acids is 1. The van der Waals surface area contributed by atoms with E-state index in [0.717, 1.165) is 31.5 Å². The molecule has 0 saturated carbocycles. The molecule has 0 unspecified atom stereocenters. The van der Waals surface area contributed by atoms with Crippen LogP contribution in [0.5, 0.6) is 0 Å². The van der Waals surface area contributed by atoms with Gasteiger partial charge in [0.2, 0.25) is 0 Å². The monoisotopic (exact) mass is 247 g/mol. The third-order valence-corrected chi connectivity index (χ3v) is 3.61. The van der Waals surface area contributed by atoms with Crippen LogP contribution in [-0.2, 0) is 4.79 Å². The second kappa shape index (κ2) is 6.55. The molecule has 2 rings (SSSR count). The van der Waals surface area contributed by atoms with Crippen molar-refractivity contribution in [1.82, 2.24) is 4.90 Å². The zero-order valence-corrected chi connectivity index (χ0v) is 10.7. The van der Waals surface area contributed by atoms with E-state index in [1.54, 1.807) is 0 Å². The molecule has 1 aromatic rings. The summed E-state index contributed by atoms with van der Waals surface area (Å²) in [4.78, 5) is 13.7. The molecule has 0 aromatic heterocycles. The van der Waals surface area contributed by atoms with Gasteiger partial charge in [-0.15, -0.1) is 0 Å². The van der Waals surface area contributed by atoms with E-state index in [9.17, 15) is 9.90 Å². The summed E-state index contributed by atoms with van der Waals surface area (Å²) in [6.07, 6.45) is 5.94. The zero-order valence-electron chi connectivity index (χ0n) is 10.7. The lowest BCUT2D eigenvalue weighted by atomic mass is 10.0. The van der Waals surface area contributed by atoms with E-state index >= 15 is 0 Å². The third kappa shape index (κ3) is 3.33. The maximum Gasteiger partial charge on any atom is 0.325 e. The molecule has 1 N–H and O–H groups in total. The molecule has 3 nitrogen and oxygen atoms in total. The first-order chi connectivity index (χ1) is 8.79. The minimum atomic E-state index is -0.734. The van der Waals surface area contributed by atoms with Crippen LogP contribution in [0.25, 0.3) is 0 Å². The molecular weight excluding hydrogens is 226 g/mol. The number of aliphatic carboxylic acids is 1. The van der Waals surface area contributed by atoms with Crippen molar-refractivity contribution in [2.45, 2.75) is 38.1 Å². The van der Waals surface area contributed by atoms with Gasteiger partial charge < -0.3 is 5.11 Å². The highest BCUT2D eigenvalue weighted by Crippen LogP contribution is 2.24. The Morgan fingerprint density at radius 2 is 1.56 bits per heavy atom. The quantitative estimate of drug-likeness (QED) is 0.892. The second-order valence-electron chi connectivity index (χ2n) is 4.96. The number of benzene rings is 1. The van der Waals surface area contributed by atoms with Crippen LogP contribution in [0.4, 0.5) is 0 Å². The van der Waals surface area contributed by atoms with Gasteiger partial charge in [-0.05, 0) is 31.5 Å². The van der Waals surface area contributed by atoms with Gasteiger partial charge in [0, 0.05) is 0 Å². The highest BCUT2D eigenvalue weighted by atomic mass is 16.4. The molecular formula is C15H21NO2. The van der Waals surface area contributed by atoms with Gasteiger partial charge in [-0.3, -0.25) is 9.69 Å². The van der Waals surface area contributed by atoms with E-state index in [-0.39, 0.29) is 0 Å². The van der Waals surface area contributed by atoms with Gasteiger partial charge in [0.25, 0.3) is 0 Å². The molecule has 1 aliphatic rings. The Bertz CT molecular complexity index is 369. The molecule has 18 heavy (non-hydrogen) atoms. The van der Waals surface area contributed by atoms with Crippen LogP contribution in [0, 0.1) is 0 Å². The van der Waals surface area contributed by atoms with Crippen molar-refractivity contribution in [2.24, 2.45) is 0 Å². The van der Waals surface area contributed by atoms with Crippen molar-refractivity contribution in [3.05, 3.63) is 35.9 Å². The minimum absolute atomic E-state index is 0.482. The summed E-state index contributed by atoms with van der Waals surface area (Å²) in [6, 6.07) is 9.10. The number of rotatable bonds is 3. The largest absolute Gasteiger partial charge is 0.480 e. The number of hydrogen-bond donors (Lipinski definition) is 1. The Hall–Kier alpha value is -1.35. The normalized spacial score (nSPS) is 19.8. The number of carboxylic acid groups (broad SMARTS) is 1. The highest BCUT2D eigenvalue weighted by molar-refractivity contribution is 5.75. The molecule has 1 atom stereocenters. The summed E-state index contributed by atoms with van der Waals surface area (Å²) in [5.41, 5.74) is 0.894. The molecule has 0 spiro atoms. The van der Waals surface area contributed by atoms with Gasteiger partial charge in [-0.25, -0.2) is 0 Å². The van der Waals surface area contributed by atoms with Crippen molar-refractivity contribution in [1.29, 1.82) is 0 Å². The number of carbonyl (C=O) groups is 1. The summed E-state index contributed by atoms with van der Waals surface area (Å²) in [5.74, 6) is -0.734. The SMILES string of the molecule is O=C(O)[C@@H](c1ccccc1)N1CCCCCCC1. The fourth-order valence-corrected chi connectivity index (χ4v) is 2.68. The summed E-state index contributed by atoms with van der Waals surface area (Å²) in [6.45, 7) is 1.79. The van der Waals surface area contributed by atoms with Gasteiger partial charge in [-0.1, -0.05) is 49.6 Å². The third-order valence-electron chi connectivity index (χ3n) is 3.61. The van der Waals surface area contributed by atoms with Crippen LogP contribution < -0.4 is 0 Å².